The van der Waals surface area contributed by atoms with E-state index in [-0.39, 0.29) is 12.7 Å². The van der Waals surface area contributed by atoms with Crippen LogP contribution >= 0.6 is 0 Å². The Hall–Kier alpha value is -0.0800. The van der Waals surface area contributed by atoms with Gasteiger partial charge in [0.1, 0.15) is 0 Å². The van der Waals surface area contributed by atoms with Gasteiger partial charge in [0.05, 0.1) is 18.8 Å². The summed E-state index contributed by atoms with van der Waals surface area (Å²) in [6.07, 6.45) is 1.45. The average Bonchev–Trinajstić information content (AvgIpc) is 2.13. The molecule has 1 saturated heterocycles. The highest BCUT2D eigenvalue weighted by molar-refractivity contribution is 4.75. The maximum Gasteiger partial charge on any atom is 0.0813 e. The van der Waals surface area contributed by atoms with Crippen LogP contribution in [0.5, 0.6) is 0 Å². The molecule has 3 atom stereocenters. The Labute approximate surface area is 55.8 Å². The minimum absolute atomic E-state index is 0.106. The first-order valence-corrected chi connectivity index (χ1v) is 3.50. The third-order valence-electron chi connectivity index (χ3n) is 2.05. The van der Waals surface area contributed by atoms with Gasteiger partial charge in [-0.05, 0) is 19.3 Å². The zero-order valence-corrected chi connectivity index (χ0v) is 6.00. The highest BCUT2D eigenvalue weighted by Crippen LogP contribution is 2.24. The first kappa shape index (κ1) is 7.03. The average molecular weight is 130 g/mol. The first-order chi connectivity index (χ1) is 4.24. The third-order valence-corrected chi connectivity index (χ3v) is 2.05. The van der Waals surface area contributed by atoms with Crippen molar-refractivity contribution >= 4 is 0 Å². The van der Waals surface area contributed by atoms with Crippen LogP contribution < -0.4 is 0 Å². The topological polar surface area (TPSA) is 29.5 Å². The summed E-state index contributed by atoms with van der Waals surface area (Å²) >= 11 is 0. The quantitative estimate of drug-likeness (QED) is 0.568. The monoisotopic (exact) mass is 130 g/mol. The van der Waals surface area contributed by atoms with Gasteiger partial charge in [0.15, 0.2) is 0 Å². The molecule has 0 saturated carbocycles. The highest BCUT2D eigenvalue weighted by atomic mass is 16.5. The molecule has 1 aliphatic heterocycles. The lowest BCUT2D eigenvalue weighted by atomic mass is 10.0. The van der Waals surface area contributed by atoms with Crippen LogP contribution in [-0.2, 0) is 4.74 Å². The van der Waals surface area contributed by atoms with Crippen LogP contribution in [-0.4, -0.2) is 23.9 Å². The molecule has 0 aromatic rings. The van der Waals surface area contributed by atoms with Crippen molar-refractivity contribution in [3.8, 4) is 0 Å². The largest absolute Gasteiger partial charge is 0.394 e. The van der Waals surface area contributed by atoms with Crippen LogP contribution in [0.1, 0.15) is 20.3 Å². The Bertz CT molecular complexity index is 82.9. The summed E-state index contributed by atoms with van der Waals surface area (Å²) in [6.45, 7) is 4.38. The molecule has 2 unspecified atom stereocenters. The van der Waals surface area contributed by atoms with Crippen LogP contribution in [0.15, 0.2) is 0 Å². The molecule has 1 N–H and O–H groups in total. The second-order valence-corrected chi connectivity index (χ2v) is 2.86. The fourth-order valence-corrected chi connectivity index (χ4v) is 1.22. The molecule has 54 valence electrons. The van der Waals surface area contributed by atoms with Crippen LogP contribution in [0.2, 0.25) is 0 Å². The van der Waals surface area contributed by atoms with Crippen LogP contribution in [0.3, 0.4) is 0 Å². The van der Waals surface area contributed by atoms with Gasteiger partial charge < -0.3 is 9.84 Å². The number of aliphatic hydroxyl groups is 1. The molecule has 1 heterocycles. The maximum absolute atomic E-state index is 8.68. The van der Waals surface area contributed by atoms with E-state index in [9.17, 15) is 0 Å². The maximum atomic E-state index is 8.68. The first-order valence-electron chi connectivity index (χ1n) is 3.50. The Morgan fingerprint density at radius 3 is 2.44 bits per heavy atom. The lowest BCUT2D eigenvalue weighted by molar-refractivity contribution is 0.0150. The molecule has 2 nitrogen and oxygen atoms in total. The van der Waals surface area contributed by atoms with Crippen LogP contribution in [0, 0.1) is 5.92 Å². The van der Waals surface area contributed by atoms with E-state index in [4.69, 9.17) is 9.84 Å². The number of ether oxygens (including phenoxy) is 1. The van der Waals surface area contributed by atoms with Gasteiger partial charge in [-0.15, -0.1) is 0 Å². The Balaban J connectivity index is 2.35. The van der Waals surface area contributed by atoms with Gasteiger partial charge in [0, 0.05) is 0 Å². The molecule has 0 aromatic heterocycles. The van der Waals surface area contributed by atoms with Gasteiger partial charge in [-0.25, -0.2) is 0 Å². The summed E-state index contributed by atoms with van der Waals surface area (Å²) in [5.74, 6) is 0.613. The predicted molar refractivity (Wildman–Crippen MR) is 35.2 cm³/mol. The zero-order valence-electron chi connectivity index (χ0n) is 6.00. The van der Waals surface area contributed by atoms with Gasteiger partial charge in [-0.3, -0.25) is 0 Å². The lowest BCUT2D eigenvalue weighted by Crippen LogP contribution is -2.12. The van der Waals surface area contributed by atoms with Crippen molar-refractivity contribution in [2.45, 2.75) is 32.5 Å². The van der Waals surface area contributed by atoms with E-state index in [0.29, 0.717) is 12.0 Å². The van der Waals surface area contributed by atoms with Crippen molar-refractivity contribution < 1.29 is 9.84 Å². The normalized spacial score (nSPS) is 43.7. The van der Waals surface area contributed by atoms with E-state index in [2.05, 4.69) is 13.8 Å². The second kappa shape index (κ2) is 2.67. The minimum Gasteiger partial charge on any atom is -0.394 e. The summed E-state index contributed by atoms with van der Waals surface area (Å²) in [5, 5.41) is 8.68. The Morgan fingerprint density at radius 2 is 2.22 bits per heavy atom. The second-order valence-electron chi connectivity index (χ2n) is 2.86. The number of hydrogen-bond donors (Lipinski definition) is 1. The number of rotatable bonds is 1. The molecular weight excluding hydrogens is 116 g/mol. The van der Waals surface area contributed by atoms with Crippen molar-refractivity contribution in [3.05, 3.63) is 0 Å². The summed E-state index contributed by atoms with van der Waals surface area (Å²) in [6, 6.07) is 0. The molecule has 1 fully saturated rings. The van der Waals surface area contributed by atoms with E-state index < -0.39 is 0 Å². The molecule has 2 heteroatoms. The summed E-state index contributed by atoms with van der Waals surface area (Å²) in [7, 11) is 0. The highest BCUT2D eigenvalue weighted by Gasteiger charge is 2.27. The molecule has 0 amide bonds. The molecule has 1 aliphatic rings. The molecule has 0 bridgehead atoms. The Kier molecular flexibility index (Phi) is 2.09. The smallest absolute Gasteiger partial charge is 0.0813 e. The van der Waals surface area contributed by atoms with Gasteiger partial charge in [-0.1, -0.05) is 6.92 Å². The molecule has 0 radical (unpaired) electrons. The summed E-state index contributed by atoms with van der Waals surface area (Å²) < 4.78 is 5.37. The standard InChI is InChI=1S/C7H14O2/c1-5-3-7(4-8)9-6(5)2/h5-8H,3-4H2,1-2H3/t5?,6-,7?/m0/s1. The summed E-state index contributed by atoms with van der Waals surface area (Å²) in [4.78, 5) is 0. The van der Waals surface area contributed by atoms with E-state index in [1.165, 1.54) is 0 Å². The van der Waals surface area contributed by atoms with Gasteiger partial charge in [-0.2, -0.15) is 0 Å². The van der Waals surface area contributed by atoms with Gasteiger partial charge >= 0.3 is 0 Å². The van der Waals surface area contributed by atoms with E-state index in [1.54, 1.807) is 0 Å². The zero-order chi connectivity index (χ0) is 6.85. The third kappa shape index (κ3) is 1.43. The molecular formula is C7H14O2. The van der Waals surface area contributed by atoms with Crippen LogP contribution in [0.4, 0.5) is 0 Å². The molecule has 0 aromatic carbocycles. The number of hydrogen-bond acceptors (Lipinski definition) is 2. The van der Waals surface area contributed by atoms with Crippen LogP contribution in [0.25, 0.3) is 0 Å². The van der Waals surface area contributed by atoms with Gasteiger partial charge in [0.2, 0.25) is 0 Å². The Morgan fingerprint density at radius 1 is 1.56 bits per heavy atom. The van der Waals surface area contributed by atoms with Crippen molar-refractivity contribution in [1.82, 2.24) is 0 Å². The van der Waals surface area contributed by atoms with E-state index in [0.717, 1.165) is 6.42 Å². The molecule has 0 aliphatic carbocycles. The van der Waals surface area contributed by atoms with E-state index in [1.807, 2.05) is 0 Å². The van der Waals surface area contributed by atoms with Crippen molar-refractivity contribution in [2.24, 2.45) is 5.92 Å². The fourth-order valence-electron chi connectivity index (χ4n) is 1.22. The molecule has 0 spiro atoms. The van der Waals surface area contributed by atoms with Crippen molar-refractivity contribution in [2.75, 3.05) is 6.61 Å². The van der Waals surface area contributed by atoms with Crippen molar-refractivity contribution in [1.29, 1.82) is 0 Å². The number of aliphatic hydroxyl groups excluding tert-OH is 1. The lowest BCUT2D eigenvalue weighted by Gasteiger charge is -2.06. The predicted octanol–water partition coefficient (Wildman–Crippen LogP) is 0.792. The SMILES string of the molecule is CC1CC(CO)O[C@H]1C. The van der Waals surface area contributed by atoms with Gasteiger partial charge in [0.25, 0.3) is 0 Å². The summed E-state index contributed by atoms with van der Waals surface area (Å²) in [5.41, 5.74) is 0. The van der Waals surface area contributed by atoms with Crippen molar-refractivity contribution in [3.63, 3.8) is 0 Å². The minimum atomic E-state index is 0.106. The van der Waals surface area contributed by atoms with E-state index >= 15 is 0 Å². The molecule has 9 heavy (non-hydrogen) atoms. The molecule has 1 rings (SSSR count). The fraction of sp³-hybridized carbons (Fsp3) is 1.00.